The maximum atomic E-state index is 11.2. The first-order valence-corrected chi connectivity index (χ1v) is 23.8. The van der Waals surface area contributed by atoms with Gasteiger partial charge < -0.3 is 89.3 Å². The number of ether oxygens (including phenoxy) is 7. The van der Waals surface area contributed by atoms with Crippen LogP contribution in [0.1, 0.15) is 91.9 Å². The molecule has 18 nitrogen and oxygen atoms in total. The lowest BCUT2D eigenvalue weighted by molar-refractivity contribution is -0.364. The lowest BCUT2D eigenvalue weighted by atomic mass is 9.44. The Morgan fingerprint density at radius 3 is 1.84 bits per heavy atom. The minimum atomic E-state index is -1.74. The highest BCUT2D eigenvalue weighted by Gasteiger charge is 2.66. The van der Waals surface area contributed by atoms with Crippen LogP contribution in [-0.4, -0.2) is 193 Å². The highest BCUT2D eigenvalue weighted by Crippen LogP contribution is 2.70. The summed E-state index contributed by atoms with van der Waals surface area (Å²) in [4.78, 5) is 0. The summed E-state index contributed by atoms with van der Waals surface area (Å²) >= 11 is 0. The summed E-state index contributed by atoms with van der Waals surface area (Å²) < 4.78 is 41.9. The van der Waals surface area contributed by atoms with Crippen LogP contribution in [0, 0.1) is 52.3 Å². The van der Waals surface area contributed by atoms with E-state index in [1.807, 2.05) is 0 Å². The second-order valence-electron chi connectivity index (χ2n) is 21.3. The fourth-order valence-electron chi connectivity index (χ4n) is 14.2. The second-order valence-corrected chi connectivity index (χ2v) is 21.3. The largest absolute Gasteiger partial charge is 0.394 e. The molecule has 4 heterocycles. The van der Waals surface area contributed by atoms with Gasteiger partial charge in [0.25, 0.3) is 0 Å². The van der Waals surface area contributed by atoms with Crippen molar-refractivity contribution in [3.8, 4) is 0 Å². The Morgan fingerprint density at radius 2 is 1.17 bits per heavy atom. The molecule has 364 valence electrons. The summed E-state index contributed by atoms with van der Waals surface area (Å²) in [7, 11) is 0. The molecule has 4 saturated heterocycles. The summed E-state index contributed by atoms with van der Waals surface area (Å²) in [5.41, 5.74) is 0.332. The molecule has 8 fully saturated rings. The SMILES string of the molecule is C[C@H](CCC1O[C@H]2C[C@H]3[C@@H]4CC[C@H]5C[C@@H](O[C@@H]6O[C@H](CO)[C@H](O[C@@H]7O[C@H](CO)[C@@H](O)[C@H](O)[C@H]7O)[C@H](O)[C@H]6O)CC[C@]5(C)[C@H]4CC[C@]3(C)[C@H]2[C@@H]1C)CO[C@@H]1O[C@H](CO)[C@@H](O)[C@H](O)[C@H]1O. The number of hydrogen-bond acceptors (Lipinski definition) is 18. The van der Waals surface area contributed by atoms with Crippen LogP contribution in [0.2, 0.25) is 0 Å². The molecule has 0 bridgehead atoms. The maximum absolute atomic E-state index is 11.2. The van der Waals surface area contributed by atoms with E-state index in [4.69, 9.17) is 33.2 Å². The minimum absolute atomic E-state index is 0.133. The first kappa shape index (κ1) is 48.7. The van der Waals surface area contributed by atoms with Gasteiger partial charge in [0.1, 0.15) is 73.2 Å². The Balaban J connectivity index is 0.824. The molecule has 0 aromatic heterocycles. The highest BCUT2D eigenvalue weighted by atomic mass is 16.7. The third kappa shape index (κ3) is 8.82. The fourth-order valence-corrected chi connectivity index (χ4v) is 14.2. The lowest BCUT2D eigenvalue weighted by Gasteiger charge is -2.61. The zero-order chi connectivity index (χ0) is 45.3. The van der Waals surface area contributed by atoms with Crippen LogP contribution >= 0.6 is 0 Å². The molecule has 63 heavy (non-hydrogen) atoms. The van der Waals surface area contributed by atoms with Gasteiger partial charge in [-0.15, -0.1) is 0 Å². The average molecular weight is 905 g/mol. The van der Waals surface area contributed by atoms with Crippen LogP contribution in [0.3, 0.4) is 0 Å². The van der Waals surface area contributed by atoms with Crippen LogP contribution < -0.4 is 0 Å². The van der Waals surface area contributed by atoms with Gasteiger partial charge >= 0.3 is 0 Å². The Bertz CT molecular complexity index is 1510. The topological polar surface area (TPSA) is 287 Å². The number of rotatable bonds is 13. The normalized spacial score (nSPS) is 55.1. The standard InChI is InChI=1S/C45H76O18/c1-19(18-57-41-37(54)34(51)32(49)28(15-46)60-41)5-8-26-20(2)31-27(59-26)14-25-23-7-6-21-13-22(9-11-44(21,3)24(23)10-12-45(25,31)4)58-42-39(56)36(53)40(30(17-48)62-42)63-43-38(55)35(52)33(50)29(16-47)61-43/h19-43,46-56H,5-18H2,1-4H3/t19-,20-,21+,22+,23-,24+,25+,26?,27+,28-,29-,30-,31+,32-,33-,34+,35+,36-,37-,38-,39-,40+,41-,42-,43+,44+,45+/m1/s1. The van der Waals surface area contributed by atoms with E-state index in [9.17, 15) is 56.2 Å². The summed E-state index contributed by atoms with van der Waals surface area (Å²) in [5, 5.41) is 113. The molecule has 0 amide bonds. The highest BCUT2D eigenvalue weighted by molar-refractivity contribution is 5.14. The Morgan fingerprint density at radius 1 is 0.587 bits per heavy atom. The average Bonchev–Trinajstić information content (AvgIpc) is 3.76. The van der Waals surface area contributed by atoms with Crippen molar-refractivity contribution < 1.29 is 89.3 Å². The zero-order valence-electron chi connectivity index (χ0n) is 37.1. The smallest absolute Gasteiger partial charge is 0.187 e. The third-order valence-corrected chi connectivity index (χ3v) is 17.8. The molecule has 0 spiro atoms. The van der Waals surface area contributed by atoms with E-state index in [2.05, 4.69) is 27.7 Å². The van der Waals surface area contributed by atoms with Crippen molar-refractivity contribution in [1.29, 1.82) is 0 Å². The van der Waals surface area contributed by atoms with Gasteiger partial charge in [0.2, 0.25) is 0 Å². The Hall–Kier alpha value is -0.720. The minimum Gasteiger partial charge on any atom is -0.394 e. The van der Waals surface area contributed by atoms with Crippen LogP contribution in [0.4, 0.5) is 0 Å². The molecule has 27 atom stereocenters. The molecular weight excluding hydrogens is 828 g/mol. The quantitative estimate of drug-likeness (QED) is 0.0979. The van der Waals surface area contributed by atoms with Gasteiger partial charge in [-0.1, -0.05) is 27.7 Å². The van der Waals surface area contributed by atoms with Gasteiger partial charge in [-0.05, 0) is 116 Å². The van der Waals surface area contributed by atoms with Gasteiger partial charge in [0.15, 0.2) is 18.9 Å². The predicted octanol–water partition coefficient (Wildman–Crippen LogP) is -1.10. The van der Waals surface area contributed by atoms with Crippen LogP contribution in [0.5, 0.6) is 0 Å². The Labute approximate surface area is 369 Å². The van der Waals surface area contributed by atoms with Crippen molar-refractivity contribution >= 4 is 0 Å². The van der Waals surface area contributed by atoms with Crippen molar-refractivity contribution in [3.05, 3.63) is 0 Å². The van der Waals surface area contributed by atoms with Gasteiger partial charge in [-0.25, -0.2) is 0 Å². The predicted molar refractivity (Wildman–Crippen MR) is 218 cm³/mol. The fraction of sp³-hybridized carbons (Fsp3) is 1.00. The van der Waals surface area contributed by atoms with E-state index in [1.165, 1.54) is 12.8 Å². The number of aliphatic hydroxyl groups excluding tert-OH is 11. The molecule has 8 rings (SSSR count). The van der Waals surface area contributed by atoms with E-state index in [0.717, 1.165) is 51.4 Å². The summed E-state index contributed by atoms with van der Waals surface area (Å²) in [5.74, 6) is 3.24. The van der Waals surface area contributed by atoms with Gasteiger partial charge in [-0.2, -0.15) is 0 Å². The van der Waals surface area contributed by atoms with Gasteiger partial charge in [-0.3, -0.25) is 0 Å². The van der Waals surface area contributed by atoms with E-state index < -0.39 is 112 Å². The van der Waals surface area contributed by atoms with E-state index >= 15 is 0 Å². The molecule has 4 saturated carbocycles. The monoisotopic (exact) mass is 905 g/mol. The summed E-state index contributed by atoms with van der Waals surface area (Å²) in [6.07, 6.45) is -11.2. The molecule has 11 N–H and O–H groups in total. The van der Waals surface area contributed by atoms with Crippen LogP contribution in [-0.2, 0) is 33.2 Å². The number of hydrogen-bond donors (Lipinski definition) is 11. The summed E-state index contributed by atoms with van der Waals surface area (Å²) in [6, 6.07) is 0. The first-order valence-electron chi connectivity index (χ1n) is 23.8. The summed E-state index contributed by atoms with van der Waals surface area (Å²) in [6.45, 7) is 7.96. The van der Waals surface area contributed by atoms with E-state index in [1.54, 1.807) is 0 Å². The molecule has 4 aliphatic carbocycles. The second kappa shape index (κ2) is 19.3. The third-order valence-electron chi connectivity index (χ3n) is 17.8. The molecule has 0 radical (unpaired) electrons. The molecule has 0 aromatic rings. The zero-order valence-corrected chi connectivity index (χ0v) is 37.1. The molecule has 18 heteroatoms. The van der Waals surface area contributed by atoms with E-state index in [-0.39, 0.29) is 35.1 Å². The van der Waals surface area contributed by atoms with Crippen molar-refractivity contribution in [1.82, 2.24) is 0 Å². The van der Waals surface area contributed by atoms with Crippen molar-refractivity contribution in [3.63, 3.8) is 0 Å². The van der Waals surface area contributed by atoms with Gasteiger partial charge in [0, 0.05) is 0 Å². The molecule has 4 aliphatic heterocycles. The van der Waals surface area contributed by atoms with Crippen molar-refractivity contribution in [2.45, 2.75) is 202 Å². The number of fused-ring (bicyclic) bond motifs is 7. The maximum Gasteiger partial charge on any atom is 0.187 e. The van der Waals surface area contributed by atoms with Crippen LogP contribution in [0.25, 0.3) is 0 Å². The van der Waals surface area contributed by atoms with Gasteiger partial charge in [0.05, 0.1) is 44.7 Å². The lowest BCUT2D eigenvalue weighted by Crippen LogP contribution is -2.65. The molecular formula is C45H76O18. The van der Waals surface area contributed by atoms with E-state index in [0.29, 0.717) is 42.1 Å². The molecule has 1 unspecified atom stereocenters. The first-order chi connectivity index (χ1) is 29.9. The van der Waals surface area contributed by atoms with Crippen molar-refractivity contribution in [2.75, 3.05) is 26.4 Å². The Kier molecular flexibility index (Phi) is 15.0. The molecule has 0 aromatic carbocycles. The van der Waals surface area contributed by atoms with Crippen molar-refractivity contribution in [2.24, 2.45) is 52.3 Å². The number of aliphatic hydroxyl groups is 11. The molecule has 8 aliphatic rings. The van der Waals surface area contributed by atoms with Crippen LogP contribution in [0.15, 0.2) is 0 Å².